The average molecular weight is 283 g/mol. The number of aromatic nitrogens is 1. The molecule has 0 unspecified atom stereocenters. The Kier molecular flexibility index (Phi) is 4.04. The minimum Gasteiger partial charge on any atom is -0.480 e. The van der Waals surface area contributed by atoms with Gasteiger partial charge in [0.1, 0.15) is 11.7 Å². The van der Waals surface area contributed by atoms with Crippen molar-refractivity contribution in [2.75, 3.05) is 13.1 Å². The molecule has 1 heterocycles. The van der Waals surface area contributed by atoms with Crippen LogP contribution in [0.1, 0.15) is 28.9 Å². The number of nitrogens with zero attached hydrogens (tertiary/aromatic N) is 2. The molecular weight excluding hydrogens is 268 g/mol. The Morgan fingerprint density at radius 1 is 1.47 bits per heavy atom. The van der Waals surface area contributed by atoms with E-state index in [1.54, 1.807) is 13.0 Å². The van der Waals surface area contributed by atoms with Gasteiger partial charge in [-0.1, -0.05) is 11.6 Å². The number of carboxylic acids is 1. The first-order chi connectivity index (χ1) is 8.95. The van der Waals surface area contributed by atoms with Gasteiger partial charge in [-0.25, -0.2) is 4.98 Å². The average Bonchev–Trinajstić information content (AvgIpc) is 3.09. The van der Waals surface area contributed by atoms with E-state index in [-0.39, 0.29) is 17.6 Å². The zero-order valence-corrected chi connectivity index (χ0v) is 11.4. The van der Waals surface area contributed by atoms with Crippen LogP contribution in [0.2, 0.25) is 5.15 Å². The number of pyridine rings is 1. The van der Waals surface area contributed by atoms with E-state index in [1.165, 1.54) is 11.0 Å². The summed E-state index contributed by atoms with van der Waals surface area (Å²) in [6.07, 6.45) is 2.11. The van der Waals surface area contributed by atoms with Gasteiger partial charge in [-0.2, -0.15) is 0 Å². The lowest BCUT2D eigenvalue weighted by atomic mass is 10.2. The van der Waals surface area contributed by atoms with E-state index in [4.69, 9.17) is 16.7 Å². The fourth-order valence-electron chi connectivity index (χ4n) is 1.93. The number of hydrogen-bond donors (Lipinski definition) is 1. The lowest BCUT2D eigenvalue weighted by Gasteiger charge is -2.20. The predicted molar refractivity (Wildman–Crippen MR) is 70.2 cm³/mol. The van der Waals surface area contributed by atoms with Crippen LogP contribution in [0.3, 0.4) is 0 Å². The summed E-state index contributed by atoms with van der Waals surface area (Å²) in [5.41, 5.74) is 1.02. The molecule has 102 valence electrons. The highest BCUT2D eigenvalue weighted by Crippen LogP contribution is 2.30. The number of rotatable bonds is 5. The monoisotopic (exact) mass is 282 g/mol. The van der Waals surface area contributed by atoms with E-state index in [2.05, 4.69) is 4.98 Å². The third-order valence-corrected chi connectivity index (χ3v) is 3.15. The molecule has 2 rings (SSSR count). The number of carbonyl (C=O) groups is 2. The summed E-state index contributed by atoms with van der Waals surface area (Å²) in [6, 6.07) is 3.09. The summed E-state index contributed by atoms with van der Waals surface area (Å²) in [5, 5.41) is 9.13. The maximum Gasteiger partial charge on any atom is 0.323 e. The van der Waals surface area contributed by atoms with Crippen molar-refractivity contribution < 1.29 is 14.7 Å². The Morgan fingerprint density at radius 2 is 2.16 bits per heavy atom. The molecule has 5 nitrogen and oxygen atoms in total. The maximum atomic E-state index is 12.3. The topological polar surface area (TPSA) is 70.5 Å². The summed E-state index contributed by atoms with van der Waals surface area (Å²) < 4.78 is 0. The van der Waals surface area contributed by atoms with E-state index >= 15 is 0 Å². The van der Waals surface area contributed by atoms with Crippen molar-refractivity contribution in [2.45, 2.75) is 19.8 Å². The minimum atomic E-state index is -1.01. The Labute approximate surface area is 116 Å². The molecule has 6 heteroatoms. The molecule has 1 aliphatic rings. The smallest absolute Gasteiger partial charge is 0.323 e. The fourth-order valence-corrected chi connectivity index (χ4v) is 2.18. The Bertz CT molecular complexity index is 494. The molecule has 1 amide bonds. The van der Waals surface area contributed by atoms with Gasteiger partial charge in [0.05, 0.1) is 0 Å². The lowest BCUT2D eigenvalue weighted by Crippen LogP contribution is -2.37. The zero-order chi connectivity index (χ0) is 14.0. The standard InChI is InChI=1S/C13H15ClN2O3/c1-8-4-10(5-11(14)15-8)13(19)16(7-12(17)18)6-9-2-3-9/h4-5,9H,2-3,6-7H2,1H3,(H,17,18). The van der Waals surface area contributed by atoms with Crippen LogP contribution in [0, 0.1) is 12.8 Å². The molecule has 1 aromatic heterocycles. The van der Waals surface area contributed by atoms with Crippen molar-refractivity contribution in [1.82, 2.24) is 9.88 Å². The number of carboxylic acid groups (broad SMARTS) is 1. The molecule has 0 saturated heterocycles. The normalized spacial score (nSPS) is 14.2. The molecule has 1 saturated carbocycles. The highest BCUT2D eigenvalue weighted by Gasteiger charge is 2.28. The van der Waals surface area contributed by atoms with Gasteiger partial charge in [0, 0.05) is 17.8 Å². The van der Waals surface area contributed by atoms with E-state index < -0.39 is 5.97 Å². The molecule has 0 aliphatic heterocycles. The SMILES string of the molecule is Cc1cc(C(=O)N(CC(=O)O)CC2CC2)cc(Cl)n1. The Hall–Kier alpha value is -1.62. The molecule has 1 N–H and O–H groups in total. The molecule has 0 aromatic carbocycles. The van der Waals surface area contributed by atoms with Crippen LogP contribution in [0.15, 0.2) is 12.1 Å². The van der Waals surface area contributed by atoms with Crippen LogP contribution in [0.5, 0.6) is 0 Å². The zero-order valence-electron chi connectivity index (χ0n) is 10.6. The lowest BCUT2D eigenvalue weighted by molar-refractivity contribution is -0.137. The van der Waals surface area contributed by atoms with Gasteiger partial charge in [-0.3, -0.25) is 9.59 Å². The molecule has 0 radical (unpaired) electrons. The highest BCUT2D eigenvalue weighted by atomic mass is 35.5. The van der Waals surface area contributed by atoms with Crippen LogP contribution in [0.4, 0.5) is 0 Å². The predicted octanol–water partition coefficient (Wildman–Crippen LogP) is 1.98. The van der Waals surface area contributed by atoms with Crippen LogP contribution < -0.4 is 0 Å². The van der Waals surface area contributed by atoms with Crippen molar-refractivity contribution in [3.05, 3.63) is 28.5 Å². The second-order valence-electron chi connectivity index (χ2n) is 4.84. The number of aliphatic carboxylic acids is 1. The Morgan fingerprint density at radius 3 is 2.68 bits per heavy atom. The highest BCUT2D eigenvalue weighted by molar-refractivity contribution is 6.29. The van der Waals surface area contributed by atoms with E-state index in [9.17, 15) is 9.59 Å². The first-order valence-corrected chi connectivity index (χ1v) is 6.49. The summed E-state index contributed by atoms with van der Waals surface area (Å²) >= 11 is 5.82. The molecule has 0 atom stereocenters. The van der Waals surface area contributed by atoms with Crippen LogP contribution in [0.25, 0.3) is 0 Å². The number of halogens is 1. The third kappa shape index (κ3) is 3.92. The van der Waals surface area contributed by atoms with Gasteiger partial charge in [0.15, 0.2) is 0 Å². The van der Waals surface area contributed by atoms with Gasteiger partial charge < -0.3 is 10.0 Å². The summed E-state index contributed by atoms with van der Waals surface area (Å²) in [6.45, 7) is 1.95. The summed E-state index contributed by atoms with van der Waals surface area (Å²) in [7, 11) is 0. The first-order valence-electron chi connectivity index (χ1n) is 6.11. The van der Waals surface area contributed by atoms with E-state index in [0.29, 0.717) is 23.7 Å². The third-order valence-electron chi connectivity index (χ3n) is 2.96. The molecule has 0 spiro atoms. The van der Waals surface area contributed by atoms with Crippen molar-refractivity contribution in [3.8, 4) is 0 Å². The van der Waals surface area contributed by atoms with Crippen molar-refractivity contribution in [1.29, 1.82) is 0 Å². The van der Waals surface area contributed by atoms with Crippen molar-refractivity contribution in [3.63, 3.8) is 0 Å². The number of amides is 1. The van der Waals surface area contributed by atoms with E-state index in [0.717, 1.165) is 12.8 Å². The van der Waals surface area contributed by atoms with Gasteiger partial charge in [0.2, 0.25) is 0 Å². The number of aryl methyl sites for hydroxylation is 1. The van der Waals surface area contributed by atoms with Gasteiger partial charge in [-0.05, 0) is 37.8 Å². The molecule has 0 bridgehead atoms. The van der Waals surface area contributed by atoms with Crippen LogP contribution in [-0.2, 0) is 4.79 Å². The molecule has 1 fully saturated rings. The minimum absolute atomic E-state index is 0.241. The van der Waals surface area contributed by atoms with Gasteiger partial charge >= 0.3 is 5.97 Å². The molecular formula is C13H15ClN2O3. The fraction of sp³-hybridized carbons (Fsp3) is 0.462. The van der Waals surface area contributed by atoms with Gasteiger partial charge in [0.25, 0.3) is 5.91 Å². The maximum absolute atomic E-state index is 12.3. The van der Waals surface area contributed by atoms with Crippen molar-refractivity contribution >= 4 is 23.5 Å². The Balaban J connectivity index is 2.18. The number of hydrogen-bond acceptors (Lipinski definition) is 3. The molecule has 1 aliphatic carbocycles. The van der Waals surface area contributed by atoms with Crippen LogP contribution in [-0.4, -0.2) is 40.0 Å². The summed E-state index contributed by atoms with van der Waals surface area (Å²) in [4.78, 5) is 28.5. The van der Waals surface area contributed by atoms with Gasteiger partial charge in [-0.15, -0.1) is 0 Å². The van der Waals surface area contributed by atoms with Crippen molar-refractivity contribution in [2.24, 2.45) is 5.92 Å². The number of carbonyl (C=O) groups excluding carboxylic acids is 1. The van der Waals surface area contributed by atoms with E-state index in [1.807, 2.05) is 0 Å². The second-order valence-corrected chi connectivity index (χ2v) is 5.23. The quantitative estimate of drug-likeness (QED) is 0.838. The van der Waals surface area contributed by atoms with Crippen LogP contribution >= 0.6 is 11.6 Å². The largest absolute Gasteiger partial charge is 0.480 e. The molecule has 1 aromatic rings. The second kappa shape index (κ2) is 5.57. The first kappa shape index (κ1) is 13.8. The molecule has 19 heavy (non-hydrogen) atoms. The summed E-state index contributed by atoms with van der Waals surface area (Å²) in [5.74, 6) is -0.880.